The number of hydrogen-bond donors (Lipinski definition) is 1. The van der Waals surface area contributed by atoms with Crippen LogP contribution in [-0.4, -0.2) is 23.0 Å². The standard InChI is InChI=1S/C9H11N3O2/c1-4-6-7(9(13)14-3)11-5(2)12-8(6)10/h4H,1H2,2-3H3,(H2,10,11,12). The van der Waals surface area contributed by atoms with Crippen LogP contribution >= 0.6 is 0 Å². The fourth-order valence-electron chi connectivity index (χ4n) is 1.06. The average Bonchev–Trinajstić information content (AvgIpc) is 2.15. The Kier molecular flexibility index (Phi) is 2.81. The zero-order valence-electron chi connectivity index (χ0n) is 8.07. The summed E-state index contributed by atoms with van der Waals surface area (Å²) in [6, 6.07) is 0. The summed E-state index contributed by atoms with van der Waals surface area (Å²) in [6.45, 7) is 5.18. The molecule has 0 unspecified atom stereocenters. The van der Waals surface area contributed by atoms with Crippen LogP contribution in [0.15, 0.2) is 6.58 Å². The number of nitrogens with two attached hydrogens (primary N) is 1. The van der Waals surface area contributed by atoms with Crippen molar-refractivity contribution in [3.05, 3.63) is 23.7 Å². The van der Waals surface area contributed by atoms with Gasteiger partial charge in [-0.1, -0.05) is 12.7 Å². The highest BCUT2D eigenvalue weighted by molar-refractivity contribution is 5.93. The minimum atomic E-state index is -0.544. The van der Waals surface area contributed by atoms with Crippen molar-refractivity contribution in [2.75, 3.05) is 12.8 Å². The zero-order valence-corrected chi connectivity index (χ0v) is 8.07. The summed E-state index contributed by atoms with van der Waals surface area (Å²) < 4.78 is 4.56. The number of carbonyl (C=O) groups excluding carboxylic acids is 1. The van der Waals surface area contributed by atoms with Gasteiger partial charge in [-0.2, -0.15) is 0 Å². The predicted molar refractivity (Wildman–Crippen MR) is 52.6 cm³/mol. The van der Waals surface area contributed by atoms with Crippen molar-refractivity contribution >= 4 is 17.9 Å². The third kappa shape index (κ3) is 1.71. The van der Waals surface area contributed by atoms with Gasteiger partial charge in [0.2, 0.25) is 0 Å². The lowest BCUT2D eigenvalue weighted by molar-refractivity contribution is 0.0593. The Morgan fingerprint density at radius 1 is 1.57 bits per heavy atom. The van der Waals surface area contributed by atoms with Crippen LogP contribution in [0.3, 0.4) is 0 Å². The van der Waals surface area contributed by atoms with Gasteiger partial charge in [0, 0.05) is 5.56 Å². The number of aryl methyl sites for hydroxylation is 1. The van der Waals surface area contributed by atoms with Crippen LogP contribution in [0.5, 0.6) is 0 Å². The lowest BCUT2D eigenvalue weighted by Gasteiger charge is -2.06. The van der Waals surface area contributed by atoms with Crippen LogP contribution in [0.4, 0.5) is 5.82 Å². The first-order valence-corrected chi connectivity index (χ1v) is 3.95. The molecule has 14 heavy (non-hydrogen) atoms. The van der Waals surface area contributed by atoms with E-state index in [9.17, 15) is 4.79 Å². The Labute approximate surface area is 81.6 Å². The first kappa shape index (κ1) is 10.2. The maximum atomic E-state index is 11.3. The molecule has 1 rings (SSSR count). The lowest BCUT2D eigenvalue weighted by atomic mass is 10.2. The maximum absolute atomic E-state index is 11.3. The van der Waals surface area contributed by atoms with E-state index in [0.29, 0.717) is 11.4 Å². The number of rotatable bonds is 2. The van der Waals surface area contributed by atoms with E-state index in [1.165, 1.54) is 13.2 Å². The molecule has 5 nitrogen and oxygen atoms in total. The number of nitrogens with zero attached hydrogens (tertiary/aromatic N) is 2. The molecule has 0 amide bonds. The molecule has 2 N–H and O–H groups in total. The summed E-state index contributed by atoms with van der Waals surface area (Å²) in [5.74, 6) is 0.110. The minimum absolute atomic E-state index is 0.146. The third-order valence-corrected chi connectivity index (χ3v) is 1.67. The summed E-state index contributed by atoms with van der Waals surface area (Å²) in [6.07, 6.45) is 1.43. The van der Waals surface area contributed by atoms with Gasteiger partial charge in [0.25, 0.3) is 0 Å². The number of methoxy groups -OCH3 is 1. The minimum Gasteiger partial charge on any atom is -0.464 e. The van der Waals surface area contributed by atoms with Gasteiger partial charge in [0.1, 0.15) is 11.6 Å². The molecule has 74 valence electrons. The zero-order chi connectivity index (χ0) is 10.7. The molecule has 1 aromatic rings. The number of anilines is 1. The molecule has 0 saturated heterocycles. The van der Waals surface area contributed by atoms with E-state index < -0.39 is 5.97 Å². The molecule has 0 atom stereocenters. The average molecular weight is 193 g/mol. The maximum Gasteiger partial charge on any atom is 0.357 e. The number of hydrogen-bond acceptors (Lipinski definition) is 5. The summed E-state index contributed by atoms with van der Waals surface area (Å²) in [5, 5.41) is 0. The largest absolute Gasteiger partial charge is 0.464 e. The number of esters is 1. The van der Waals surface area contributed by atoms with E-state index in [4.69, 9.17) is 5.73 Å². The highest BCUT2D eigenvalue weighted by Crippen LogP contribution is 2.15. The highest BCUT2D eigenvalue weighted by atomic mass is 16.5. The molecule has 0 fully saturated rings. The van der Waals surface area contributed by atoms with Gasteiger partial charge in [-0.25, -0.2) is 14.8 Å². The smallest absolute Gasteiger partial charge is 0.357 e. The molecule has 0 spiro atoms. The number of carbonyl (C=O) groups is 1. The Bertz CT molecular complexity index is 388. The van der Waals surface area contributed by atoms with Crippen LogP contribution in [0.2, 0.25) is 0 Å². The van der Waals surface area contributed by atoms with Gasteiger partial charge in [0.05, 0.1) is 7.11 Å². The van der Waals surface area contributed by atoms with Crippen molar-refractivity contribution in [2.45, 2.75) is 6.92 Å². The van der Waals surface area contributed by atoms with E-state index >= 15 is 0 Å². The molecule has 0 aliphatic rings. The molecule has 0 bridgehead atoms. The van der Waals surface area contributed by atoms with E-state index in [-0.39, 0.29) is 11.5 Å². The Morgan fingerprint density at radius 3 is 2.71 bits per heavy atom. The third-order valence-electron chi connectivity index (χ3n) is 1.67. The van der Waals surface area contributed by atoms with Crippen molar-refractivity contribution in [1.29, 1.82) is 0 Å². The van der Waals surface area contributed by atoms with Gasteiger partial charge >= 0.3 is 5.97 Å². The first-order valence-electron chi connectivity index (χ1n) is 3.95. The van der Waals surface area contributed by atoms with Crippen molar-refractivity contribution in [2.24, 2.45) is 0 Å². The van der Waals surface area contributed by atoms with Gasteiger partial charge < -0.3 is 10.5 Å². The van der Waals surface area contributed by atoms with Crippen molar-refractivity contribution in [1.82, 2.24) is 9.97 Å². The van der Waals surface area contributed by atoms with E-state index in [2.05, 4.69) is 21.3 Å². The predicted octanol–water partition coefficient (Wildman–Crippen LogP) is 0.797. The van der Waals surface area contributed by atoms with Crippen molar-refractivity contribution < 1.29 is 9.53 Å². The SMILES string of the molecule is C=Cc1c(N)nc(C)nc1C(=O)OC. The Hall–Kier alpha value is -1.91. The highest BCUT2D eigenvalue weighted by Gasteiger charge is 2.15. The van der Waals surface area contributed by atoms with E-state index in [0.717, 1.165) is 0 Å². The van der Waals surface area contributed by atoms with Crippen molar-refractivity contribution in [3.63, 3.8) is 0 Å². The Morgan fingerprint density at radius 2 is 2.21 bits per heavy atom. The molecule has 1 aromatic heterocycles. The van der Waals surface area contributed by atoms with E-state index in [1.807, 2.05) is 0 Å². The molecule has 0 aliphatic carbocycles. The van der Waals surface area contributed by atoms with Crippen LogP contribution in [0.1, 0.15) is 21.9 Å². The number of ether oxygens (including phenoxy) is 1. The summed E-state index contributed by atoms with van der Waals surface area (Å²) in [4.78, 5) is 19.1. The fraction of sp³-hybridized carbons (Fsp3) is 0.222. The van der Waals surface area contributed by atoms with Crippen molar-refractivity contribution in [3.8, 4) is 0 Å². The summed E-state index contributed by atoms with van der Waals surface area (Å²) >= 11 is 0. The second-order valence-corrected chi connectivity index (χ2v) is 2.61. The molecule has 1 heterocycles. The second-order valence-electron chi connectivity index (χ2n) is 2.61. The summed E-state index contributed by atoms with van der Waals surface area (Å²) in [7, 11) is 1.28. The van der Waals surface area contributed by atoms with E-state index in [1.54, 1.807) is 6.92 Å². The fourth-order valence-corrected chi connectivity index (χ4v) is 1.06. The lowest BCUT2D eigenvalue weighted by Crippen LogP contribution is -2.11. The van der Waals surface area contributed by atoms with Crippen LogP contribution in [0, 0.1) is 6.92 Å². The molecule has 0 aromatic carbocycles. The molecule has 0 aliphatic heterocycles. The number of nitrogen functional groups attached to an aromatic ring is 1. The van der Waals surface area contributed by atoms with Gasteiger partial charge in [-0.05, 0) is 6.92 Å². The van der Waals surface area contributed by atoms with Gasteiger partial charge in [-0.15, -0.1) is 0 Å². The van der Waals surface area contributed by atoms with Crippen LogP contribution in [0.25, 0.3) is 6.08 Å². The molecular weight excluding hydrogens is 182 g/mol. The quantitative estimate of drug-likeness (QED) is 0.703. The van der Waals surface area contributed by atoms with Crippen LogP contribution in [-0.2, 0) is 4.74 Å². The molecule has 5 heteroatoms. The van der Waals surface area contributed by atoms with Crippen LogP contribution < -0.4 is 5.73 Å². The second kappa shape index (κ2) is 3.87. The molecular formula is C9H11N3O2. The first-order chi connectivity index (χ1) is 6.60. The molecule has 0 radical (unpaired) electrons. The van der Waals surface area contributed by atoms with Gasteiger partial charge in [0.15, 0.2) is 5.69 Å². The topological polar surface area (TPSA) is 78.1 Å². The Balaban J connectivity index is 3.39. The number of aromatic nitrogens is 2. The summed E-state index contributed by atoms with van der Waals surface area (Å²) in [5.41, 5.74) is 6.15. The van der Waals surface area contributed by atoms with Gasteiger partial charge in [-0.3, -0.25) is 0 Å². The molecule has 0 saturated carbocycles. The normalized spacial score (nSPS) is 9.57. The monoisotopic (exact) mass is 193 g/mol.